The topological polar surface area (TPSA) is 78.9 Å². The van der Waals surface area contributed by atoms with E-state index < -0.39 is 0 Å². The van der Waals surface area contributed by atoms with Crippen molar-refractivity contribution in [3.8, 4) is 0 Å². The van der Waals surface area contributed by atoms with E-state index in [2.05, 4.69) is 27.4 Å². The van der Waals surface area contributed by atoms with Crippen molar-refractivity contribution in [2.45, 2.75) is 105 Å². The fourth-order valence-corrected chi connectivity index (χ4v) is 9.21. The zero-order valence-corrected chi connectivity index (χ0v) is 22.4. The summed E-state index contributed by atoms with van der Waals surface area (Å²) in [5, 5.41) is 0. The first-order valence-corrected chi connectivity index (χ1v) is 13.6. The largest absolute Gasteiger partial charge is 0.463 e. The number of allylic oxidation sites excluding steroid dienone is 1. The van der Waals surface area contributed by atoms with Gasteiger partial charge in [0.05, 0.1) is 0 Å². The molecule has 0 heterocycles. The van der Waals surface area contributed by atoms with E-state index in [0.29, 0.717) is 17.8 Å². The maximum Gasteiger partial charge on any atom is 0.302 e. The minimum Gasteiger partial charge on any atom is -0.463 e. The van der Waals surface area contributed by atoms with Crippen molar-refractivity contribution >= 4 is 17.9 Å². The van der Waals surface area contributed by atoms with Gasteiger partial charge in [-0.15, -0.1) is 6.58 Å². The van der Waals surface area contributed by atoms with Gasteiger partial charge in [0, 0.05) is 32.1 Å². The number of hydrogen-bond acceptors (Lipinski definition) is 6. The van der Waals surface area contributed by atoms with E-state index in [0.717, 1.165) is 44.9 Å². The molecule has 4 aliphatic rings. The molecule has 0 radical (unpaired) electrons. The molecular weight excluding hydrogens is 444 g/mol. The van der Waals surface area contributed by atoms with Gasteiger partial charge >= 0.3 is 17.9 Å². The lowest BCUT2D eigenvalue weighted by Gasteiger charge is -2.64. The molecule has 0 N–H and O–H groups in total. The van der Waals surface area contributed by atoms with Gasteiger partial charge in [-0.3, -0.25) is 14.4 Å². The maximum absolute atomic E-state index is 12.3. The van der Waals surface area contributed by atoms with Crippen LogP contribution in [-0.2, 0) is 28.6 Å². The zero-order chi connectivity index (χ0) is 25.7. The highest BCUT2D eigenvalue weighted by atomic mass is 16.6. The first kappa shape index (κ1) is 26.2. The molecule has 0 bridgehead atoms. The number of carbonyl (C=O) groups is 3. The molecule has 4 fully saturated rings. The molecule has 6 nitrogen and oxygen atoms in total. The van der Waals surface area contributed by atoms with E-state index in [1.807, 2.05) is 6.08 Å². The highest BCUT2D eigenvalue weighted by Crippen LogP contribution is 2.69. The molecule has 4 rings (SSSR count). The molecule has 0 saturated heterocycles. The van der Waals surface area contributed by atoms with E-state index in [4.69, 9.17) is 14.2 Å². The number of esters is 3. The van der Waals surface area contributed by atoms with Crippen LogP contribution in [-0.4, -0.2) is 36.2 Å². The van der Waals surface area contributed by atoms with Gasteiger partial charge in [-0.2, -0.15) is 0 Å². The van der Waals surface area contributed by atoms with Crippen LogP contribution in [0.2, 0.25) is 0 Å². The molecule has 4 aliphatic carbocycles. The lowest BCUT2D eigenvalue weighted by atomic mass is 9.43. The van der Waals surface area contributed by atoms with Gasteiger partial charge in [-0.1, -0.05) is 26.8 Å². The smallest absolute Gasteiger partial charge is 0.302 e. The summed E-state index contributed by atoms with van der Waals surface area (Å²) in [4.78, 5) is 36.2. The Labute approximate surface area is 210 Å². The third kappa shape index (κ3) is 4.44. The van der Waals surface area contributed by atoms with Crippen molar-refractivity contribution in [1.29, 1.82) is 0 Å². The van der Waals surface area contributed by atoms with Crippen LogP contribution in [0.1, 0.15) is 86.5 Å². The molecule has 0 aromatic heterocycles. The summed E-state index contributed by atoms with van der Waals surface area (Å²) in [6.45, 7) is 15.5. The zero-order valence-electron chi connectivity index (χ0n) is 22.4. The van der Waals surface area contributed by atoms with Crippen molar-refractivity contribution < 1.29 is 28.6 Å². The van der Waals surface area contributed by atoms with Gasteiger partial charge < -0.3 is 14.2 Å². The molecule has 196 valence electrons. The second kappa shape index (κ2) is 9.55. The standard InChI is InChI=1S/C29H44O6/c1-8-16(2)22-9-10-23-27-24(15-26(29(22,23)7)35-19(5)32)28(6)12-11-21(33-17(3)30)13-20(28)14-25(27)34-18(4)31/h8,16,20-27H,1,9-15H2,2-7H3. The van der Waals surface area contributed by atoms with E-state index in [9.17, 15) is 14.4 Å². The summed E-state index contributed by atoms with van der Waals surface area (Å²) in [7, 11) is 0. The number of ether oxygens (including phenoxy) is 3. The second-order valence-corrected chi connectivity index (χ2v) is 12.4. The Morgan fingerprint density at radius 2 is 1.54 bits per heavy atom. The number of rotatable bonds is 5. The molecule has 0 aromatic carbocycles. The van der Waals surface area contributed by atoms with Crippen LogP contribution >= 0.6 is 0 Å². The molecule has 6 heteroatoms. The van der Waals surface area contributed by atoms with Crippen LogP contribution in [0.5, 0.6) is 0 Å². The van der Waals surface area contributed by atoms with Crippen LogP contribution in [0.15, 0.2) is 12.7 Å². The second-order valence-electron chi connectivity index (χ2n) is 12.4. The molecule has 0 aromatic rings. The monoisotopic (exact) mass is 488 g/mol. The van der Waals surface area contributed by atoms with Crippen LogP contribution in [0.3, 0.4) is 0 Å². The Morgan fingerprint density at radius 3 is 2.14 bits per heavy atom. The Kier molecular flexibility index (Phi) is 7.16. The van der Waals surface area contributed by atoms with E-state index >= 15 is 0 Å². The molecule has 4 saturated carbocycles. The quantitative estimate of drug-likeness (QED) is 0.290. The van der Waals surface area contributed by atoms with Crippen molar-refractivity contribution in [1.82, 2.24) is 0 Å². The molecule has 0 aliphatic heterocycles. The predicted molar refractivity (Wildman–Crippen MR) is 132 cm³/mol. The average Bonchev–Trinajstić information content (AvgIpc) is 3.12. The summed E-state index contributed by atoms with van der Waals surface area (Å²) < 4.78 is 17.9. The summed E-state index contributed by atoms with van der Waals surface area (Å²) in [6.07, 6.45) is 7.96. The number of carbonyl (C=O) groups excluding carboxylic acids is 3. The molecule has 0 spiro atoms. The van der Waals surface area contributed by atoms with Gasteiger partial charge in [0.15, 0.2) is 0 Å². The predicted octanol–water partition coefficient (Wildman–Crippen LogP) is 5.48. The van der Waals surface area contributed by atoms with Crippen LogP contribution in [0.25, 0.3) is 0 Å². The van der Waals surface area contributed by atoms with Gasteiger partial charge in [0.25, 0.3) is 0 Å². The summed E-state index contributed by atoms with van der Waals surface area (Å²) in [5.74, 6) is 1.12. The van der Waals surface area contributed by atoms with E-state index in [1.54, 1.807) is 0 Å². The van der Waals surface area contributed by atoms with Gasteiger partial charge in [0.1, 0.15) is 18.3 Å². The summed E-state index contributed by atoms with van der Waals surface area (Å²) in [5.41, 5.74) is -0.156. The number of fused-ring (bicyclic) bond motifs is 5. The minimum atomic E-state index is -0.236. The Balaban J connectivity index is 1.75. The first-order chi connectivity index (χ1) is 16.4. The Bertz CT molecular complexity index is 867. The van der Waals surface area contributed by atoms with E-state index in [1.165, 1.54) is 20.8 Å². The molecule has 11 unspecified atom stereocenters. The van der Waals surface area contributed by atoms with E-state index in [-0.39, 0.29) is 64.8 Å². The van der Waals surface area contributed by atoms with Crippen molar-refractivity contribution in [2.24, 2.45) is 46.3 Å². The van der Waals surface area contributed by atoms with Gasteiger partial charge in [-0.25, -0.2) is 0 Å². The SMILES string of the molecule is C=CC(C)C1CCC2C3C(OC(C)=O)CC4CC(OC(C)=O)CCC4(C)C3CC(OC(C)=O)C12C. The summed E-state index contributed by atoms with van der Waals surface area (Å²) >= 11 is 0. The lowest BCUT2D eigenvalue weighted by molar-refractivity contribution is -0.223. The molecule has 11 atom stereocenters. The highest BCUT2D eigenvalue weighted by molar-refractivity contribution is 5.67. The van der Waals surface area contributed by atoms with Crippen molar-refractivity contribution in [2.75, 3.05) is 0 Å². The highest BCUT2D eigenvalue weighted by Gasteiger charge is 2.67. The molecule has 0 amide bonds. The van der Waals surface area contributed by atoms with Gasteiger partial charge in [-0.05, 0) is 80.0 Å². The summed E-state index contributed by atoms with van der Waals surface area (Å²) in [6, 6.07) is 0. The number of hydrogen-bond donors (Lipinski definition) is 0. The Morgan fingerprint density at radius 1 is 0.886 bits per heavy atom. The molecular formula is C29H44O6. The van der Waals surface area contributed by atoms with Crippen molar-refractivity contribution in [3.63, 3.8) is 0 Å². The average molecular weight is 489 g/mol. The fraction of sp³-hybridized carbons (Fsp3) is 0.828. The first-order valence-electron chi connectivity index (χ1n) is 13.6. The third-order valence-electron chi connectivity index (χ3n) is 10.7. The van der Waals surface area contributed by atoms with Crippen molar-refractivity contribution in [3.05, 3.63) is 12.7 Å². The molecule has 35 heavy (non-hydrogen) atoms. The fourth-order valence-electron chi connectivity index (χ4n) is 9.21. The van der Waals surface area contributed by atoms with Crippen LogP contribution < -0.4 is 0 Å². The lowest BCUT2D eigenvalue weighted by Crippen LogP contribution is -2.63. The Hall–Kier alpha value is -1.85. The normalized spacial score (nSPS) is 45.2. The third-order valence-corrected chi connectivity index (χ3v) is 10.7. The van der Waals surface area contributed by atoms with Gasteiger partial charge in [0.2, 0.25) is 0 Å². The van der Waals surface area contributed by atoms with Crippen LogP contribution in [0.4, 0.5) is 0 Å². The maximum atomic E-state index is 12.3. The van der Waals surface area contributed by atoms with Crippen LogP contribution in [0, 0.1) is 46.3 Å². The minimum absolute atomic E-state index is 0.0276.